The van der Waals surface area contributed by atoms with Crippen molar-refractivity contribution in [2.45, 2.75) is 31.6 Å². The third-order valence-electron chi connectivity index (χ3n) is 4.57. The smallest absolute Gasteiger partial charge is 0.217 e. The molecule has 0 bridgehead atoms. The molecule has 0 amide bonds. The highest BCUT2D eigenvalue weighted by molar-refractivity contribution is 7.90. The number of aryl methyl sites for hydroxylation is 1. The van der Waals surface area contributed by atoms with Crippen LogP contribution in [0.2, 0.25) is 0 Å². The number of sulfonamides is 1. The fourth-order valence-corrected chi connectivity index (χ4v) is 4.89. The van der Waals surface area contributed by atoms with Crippen molar-refractivity contribution < 1.29 is 8.42 Å². The second kappa shape index (κ2) is 5.41. The van der Waals surface area contributed by atoms with E-state index < -0.39 is 10.0 Å². The summed E-state index contributed by atoms with van der Waals surface area (Å²) in [5.74, 6) is 0.797. The van der Waals surface area contributed by atoms with E-state index in [-0.39, 0.29) is 5.25 Å². The van der Waals surface area contributed by atoms with Gasteiger partial charge in [-0.3, -0.25) is 0 Å². The Bertz CT molecular complexity index is 821. The van der Waals surface area contributed by atoms with Crippen LogP contribution in [-0.2, 0) is 16.6 Å². The van der Waals surface area contributed by atoms with Crippen molar-refractivity contribution >= 4 is 27.0 Å². The highest BCUT2D eigenvalue weighted by Crippen LogP contribution is 2.32. The van der Waals surface area contributed by atoms with Crippen LogP contribution in [0.4, 0.5) is 5.82 Å². The summed E-state index contributed by atoms with van der Waals surface area (Å²) in [7, 11) is -3.08. The fraction of sp³-hybridized carbons (Fsp3) is 0.643. The zero-order chi connectivity index (χ0) is 16.0. The summed E-state index contributed by atoms with van der Waals surface area (Å²) in [6.45, 7) is 5.15. The van der Waals surface area contributed by atoms with Crippen LogP contribution in [0.1, 0.15) is 19.8 Å². The Labute approximate surface area is 135 Å². The standard InChI is InChI=1S/C14H20N6O2S/c1-2-18-10-17-12-13(18)15-9-16-14(12)19-5-7-20(8-6-19)23(21,22)11-3-4-11/h9-11H,2-8H2,1H3. The van der Waals surface area contributed by atoms with Gasteiger partial charge in [0.05, 0.1) is 11.6 Å². The van der Waals surface area contributed by atoms with Gasteiger partial charge in [-0.1, -0.05) is 0 Å². The molecule has 4 rings (SSSR count). The van der Waals surface area contributed by atoms with Gasteiger partial charge in [0.1, 0.15) is 6.33 Å². The van der Waals surface area contributed by atoms with Crippen molar-refractivity contribution in [1.29, 1.82) is 0 Å². The molecule has 2 aliphatic rings. The maximum absolute atomic E-state index is 12.3. The third-order valence-corrected chi connectivity index (χ3v) is 6.97. The molecular formula is C14H20N6O2S. The lowest BCUT2D eigenvalue weighted by molar-refractivity contribution is 0.383. The molecule has 2 fully saturated rings. The highest BCUT2D eigenvalue weighted by atomic mass is 32.2. The van der Waals surface area contributed by atoms with Crippen molar-refractivity contribution in [3.63, 3.8) is 0 Å². The SMILES string of the molecule is CCn1cnc2c(N3CCN(S(=O)(=O)C4CC4)CC3)ncnc21. The van der Waals surface area contributed by atoms with Gasteiger partial charge < -0.3 is 9.47 Å². The Kier molecular flexibility index (Phi) is 3.49. The minimum atomic E-state index is -3.08. The van der Waals surface area contributed by atoms with Gasteiger partial charge in [0.25, 0.3) is 0 Å². The number of nitrogens with zero attached hydrogens (tertiary/aromatic N) is 6. The molecule has 23 heavy (non-hydrogen) atoms. The lowest BCUT2D eigenvalue weighted by Gasteiger charge is -2.34. The van der Waals surface area contributed by atoms with Gasteiger partial charge in [-0.25, -0.2) is 23.4 Å². The first-order chi connectivity index (χ1) is 11.1. The van der Waals surface area contributed by atoms with Crippen molar-refractivity contribution in [2.75, 3.05) is 31.1 Å². The topological polar surface area (TPSA) is 84.2 Å². The van der Waals surface area contributed by atoms with Crippen LogP contribution < -0.4 is 4.90 Å². The Balaban J connectivity index is 1.56. The van der Waals surface area contributed by atoms with Crippen LogP contribution in [0.3, 0.4) is 0 Å². The number of aromatic nitrogens is 4. The van der Waals surface area contributed by atoms with Gasteiger partial charge in [-0.05, 0) is 19.8 Å². The quantitative estimate of drug-likeness (QED) is 0.806. The summed E-state index contributed by atoms with van der Waals surface area (Å²) in [4.78, 5) is 15.2. The summed E-state index contributed by atoms with van der Waals surface area (Å²) in [6, 6.07) is 0. The van der Waals surface area contributed by atoms with Crippen molar-refractivity contribution in [3.05, 3.63) is 12.7 Å². The van der Waals surface area contributed by atoms with Gasteiger partial charge >= 0.3 is 0 Å². The first-order valence-electron chi connectivity index (χ1n) is 8.01. The van der Waals surface area contributed by atoms with Crippen molar-refractivity contribution in [3.8, 4) is 0 Å². The molecule has 1 saturated heterocycles. The summed E-state index contributed by atoms with van der Waals surface area (Å²) in [6.07, 6.45) is 4.95. The second-order valence-corrected chi connectivity index (χ2v) is 8.24. The van der Waals surface area contributed by atoms with Gasteiger partial charge in [-0.15, -0.1) is 0 Å². The van der Waals surface area contributed by atoms with E-state index in [2.05, 4.69) is 19.9 Å². The monoisotopic (exact) mass is 336 g/mol. The molecule has 1 aliphatic carbocycles. The van der Waals surface area contributed by atoms with E-state index in [0.29, 0.717) is 26.2 Å². The van der Waals surface area contributed by atoms with Crippen LogP contribution in [0, 0.1) is 0 Å². The zero-order valence-electron chi connectivity index (χ0n) is 13.1. The molecule has 124 valence electrons. The molecule has 1 aliphatic heterocycles. The molecule has 0 N–H and O–H groups in total. The normalized spacial score (nSPS) is 20.3. The molecule has 8 nitrogen and oxygen atoms in total. The lowest BCUT2D eigenvalue weighted by Crippen LogP contribution is -2.49. The van der Waals surface area contributed by atoms with E-state index in [9.17, 15) is 8.42 Å². The number of fused-ring (bicyclic) bond motifs is 1. The molecule has 2 aromatic rings. The highest BCUT2D eigenvalue weighted by Gasteiger charge is 2.41. The predicted molar refractivity (Wildman–Crippen MR) is 86.7 cm³/mol. The lowest BCUT2D eigenvalue weighted by atomic mass is 10.3. The number of imidazole rings is 1. The summed E-state index contributed by atoms with van der Waals surface area (Å²) in [5.41, 5.74) is 1.61. The Morgan fingerprint density at radius 2 is 1.87 bits per heavy atom. The first-order valence-corrected chi connectivity index (χ1v) is 9.51. The second-order valence-electron chi connectivity index (χ2n) is 6.03. The van der Waals surface area contributed by atoms with Gasteiger partial charge in [0, 0.05) is 32.7 Å². The molecule has 0 atom stereocenters. The first kappa shape index (κ1) is 14.8. The minimum absolute atomic E-state index is 0.139. The average molecular weight is 336 g/mol. The van der Waals surface area contributed by atoms with Crippen LogP contribution in [0.5, 0.6) is 0 Å². The molecule has 0 unspecified atom stereocenters. The molecule has 1 saturated carbocycles. The number of anilines is 1. The van der Waals surface area contributed by atoms with E-state index in [1.165, 1.54) is 0 Å². The molecule has 2 aromatic heterocycles. The molecule has 0 radical (unpaired) electrons. The van der Waals surface area contributed by atoms with E-state index >= 15 is 0 Å². The zero-order valence-corrected chi connectivity index (χ0v) is 13.9. The van der Waals surface area contributed by atoms with Gasteiger partial charge in [0.15, 0.2) is 17.0 Å². The molecule has 9 heteroatoms. The van der Waals surface area contributed by atoms with E-state index in [1.54, 1.807) is 17.0 Å². The largest absolute Gasteiger partial charge is 0.352 e. The van der Waals surface area contributed by atoms with Crippen LogP contribution >= 0.6 is 0 Å². The van der Waals surface area contributed by atoms with E-state index in [4.69, 9.17) is 0 Å². The molecular weight excluding hydrogens is 316 g/mol. The predicted octanol–water partition coefficient (Wildman–Crippen LogP) is 0.460. The maximum atomic E-state index is 12.3. The number of rotatable bonds is 4. The Morgan fingerprint density at radius 3 is 2.52 bits per heavy atom. The molecule has 0 aromatic carbocycles. The Hall–Kier alpha value is -1.74. The van der Waals surface area contributed by atoms with Crippen LogP contribution in [0.15, 0.2) is 12.7 Å². The summed E-state index contributed by atoms with van der Waals surface area (Å²) < 4.78 is 28.2. The van der Waals surface area contributed by atoms with Crippen molar-refractivity contribution in [1.82, 2.24) is 23.8 Å². The molecule has 3 heterocycles. The Morgan fingerprint density at radius 1 is 1.13 bits per heavy atom. The summed E-state index contributed by atoms with van der Waals surface area (Å²) in [5, 5.41) is -0.139. The number of hydrogen-bond donors (Lipinski definition) is 0. The fourth-order valence-electron chi connectivity index (χ4n) is 3.06. The van der Waals surface area contributed by atoms with Crippen molar-refractivity contribution in [2.24, 2.45) is 0 Å². The average Bonchev–Trinajstić information content (AvgIpc) is 3.35. The maximum Gasteiger partial charge on any atom is 0.217 e. The number of piperazine rings is 1. The number of hydrogen-bond acceptors (Lipinski definition) is 6. The van der Waals surface area contributed by atoms with Crippen LogP contribution in [-0.4, -0.2) is 63.7 Å². The van der Waals surface area contributed by atoms with Gasteiger partial charge in [-0.2, -0.15) is 4.31 Å². The summed E-state index contributed by atoms with van der Waals surface area (Å²) >= 11 is 0. The molecule has 0 spiro atoms. The minimum Gasteiger partial charge on any atom is -0.352 e. The third kappa shape index (κ3) is 2.47. The van der Waals surface area contributed by atoms with Crippen LogP contribution in [0.25, 0.3) is 11.2 Å². The van der Waals surface area contributed by atoms with Gasteiger partial charge in [0.2, 0.25) is 10.0 Å². The van der Waals surface area contributed by atoms with E-state index in [0.717, 1.165) is 36.4 Å². The van der Waals surface area contributed by atoms with E-state index in [1.807, 2.05) is 11.5 Å².